The van der Waals surface area contributed by atoms with Crippen LogP contribution in [-0.2, 0) is 0 Å². The minimum absolute atomic E-state index is 0. The van der Waals surface area contributed by atoms with E-state index >= 15 is 0 Å². The van der Waals surface area contributed by atoms with Crippen LogP contribution in [0.1, 0.15) is 96.3 Å². The van der Waals surface area contributed by atoms with Crippen molar-refractivity contribution in [1.82, 2.24) is 40.0 Å². The molecule has 2 aliphatic rings. The van der Waals surface area contributed by atoms with Crippen LogP contribution in [0.25, 0.3) is 0 Å². The molecule has 0 aromatic carbocycles. The lowest BCUT2D eigenvalue weighted by Crippen LogP contribution is -2.47. The average molecular weight is 645 g/mol. The molecule has 0 aliphatic carbocycles. The Balaban J connectivity index is -0.000000533. The van der Waals surface area contributed by atoms with Crippen molar-refractivity contribution in [2.24, 2.45) is 5.41 Å². The highest BCUT2D eigenvalue weighted by atomic mass is 15.3. The van der Waals surface area contributed by atoms with Crippen LogP contribution in [0.15, 0.2) is 0 Å². The van der Waals surface area contributed by atoms with Crippen LogP contribution in [0.4, 0.5) is 0 Å². The molecule has 276 valence electrons. The van der Waals surface area contributed by atoms with Gasteiger partial charge in [0.25, 0.3) is 0 Å². The summed E-state index contributed by atoms with van der Waals surface area (Å²) in [5.41, 5.74) is 0.369. The molecule has 2 N–H and O–H groups in total. The number of likely N-dealkylation sites (tertiary alicyclic amines) is 1. The third kappa shape index (κ3) is 29.5. The molecule has 45 heavy (non-hydrogen) atoms. The summed E-state index contributed by atoms with van der Waals surface area (Å²) in [6.07, 6.45) is 5.37. The van der Waals surface area contributed by atoms with Crippen molar-refractivity contribution in [2.75, 3.05) is 115 Å². The van der Waals surface area contributed by atoms with Crippen LogP contribution in [0.5, 0.6) is 0 Å². The van der Waals surface area contributed by atoms with E-state index in [0.717, 1.165) is 25.2 Å². The number of nitrogens with zero attached hydrogens (tertiary/aromatic N) is 6. The Labute approximate surface area is 286 Å². The zero-order valence-corrected chi connectivity index (χ0v) is 34.0. The molecule has 2 fully saturated rings. The molecule has 2 rings (SSSR count). The molecule has 2 heterocycles. The number of piperazine rings is 1. The van der Waals surface area contributed by atoms with E-state index in [2.05, 4.69) is 159 Å². The van der Waals surface area contributed by atoms with Crippen molar-refractivity contribution >= 4 is 0 Å². The summed E-state index contributed by atoms with van der Waals surface area (Å²) in [6.45, 7) is 34.4. The van der Waals surface area contributed by atoms with E-state index in [0.29, 0.717) is 23.5 Å². The molecule has 8 heteroatoms. The van der Waals surface area contributed by atoms with E-state index in [-0.39, 0.29) is 1.43 Å². The van der Waals surface area contributed by atoms with Crippen LogP contribution in [0.2, 0.25) is 0 Å². The predicted octanol–water partition coefficient (Wildman–Crippen LogP) is 5.21. The molecule has 0 bridgehead atoms. The fourth-order valence-electron chi connectivity index (χ4n) is 5.51. The smallest absolute Gasteiger partial charge is 0.0112 e. The van der Waals surface area contributed by atoms with Crippen molar-refractivity contribution in [1.29, 1.82) is 0 Å². The summed E-state index contributed by atoms with van der Waals surface area (Å²) in [5.74, 6) is 0. The van der Waals surface area contributed by atoms with E-state index in [1.807, 2.05) is 0 Å². The summed E-state index contributed by atoms with van der Waals surface area (Å²) in [4.78, 5) is 14.3. The molecule has 0 aromatic heterocycles. The third-order valence-corrected chi connectivity index (χ3v) is 8.70. The van der Waals surface area contributed by atoms with Crippen LogP contribution in [-0.4, -0.2) is 174 Å². The first kappa shape index (κ1) is 46.8. The highest BCUT2D eigenvalue weighted by Gasteiger charge is 2.20. The Kier molecular flexibility index (Phi) is 27.7. The summed E-state index contributed by atoms with van der Waals surface area (Å²) in [7, 11) is 15.1. The Morgan fingerprint density at radius 1 is 0.756 bits per heavy atom. The van der Waals surface area contributed by atoms with E-state index in [9.17, 15) is 0 Å². The number of rotatable bonds is 15. The van der Waals surface area contributed by atoms with Gasteiger partial charge in [0.2, 0.25) is 0 Å². The average Bonchev–Trinajstić information content (AvgIpc) is 3.32. The summed E-state index contributed by atoms with van der Waals surface area (Å²) >= 11 is 0. The van der Waals surface area contributed by atoms with Crippen LogP contribution in [0.3, 0.4) is 0 Å². The lowest BCUT2D eigenvalue weighted by atomic mass is 9.93. The van der Waals surface area contributed by atoms with Gasteiger partial charge in [-0.1, -0.05) is 41.5 Å². The number of nitrogens with one attached hydrogen (secondary N) is 2. The molecular formula is C37H88N8. The molecule has 0 radical (unpaired) electrons. The highest BCUT2D eigenvalue weighted by Crippen LogP contribution is 2.17. The molecule has 8 nitrogen and oxygen atoms in total. The second kappa shape index (κ2) is 26.6. The second-order valence-corrected chi connectivity index (χ2v) is 16.3. The van der Waals surface area contributed by atoms with Gasteiger partial charge in [0.05, 0.1) is 0 Å². The normalized spacial score (nSPS) is 18.5. The molecule has 2 aliphatic heterocycles. The minimum Gasteiger partial charge on any atom is -0.314 e. The maximum Gasteiger partial charge on any atom is 0.0112 e. The van der Waals surface area contributed by atoms with Crippen molar-refractivity contribution < 1.29 is 1.43 Å². The van der Waals surface area contributed by atoms with Gasteiger partial charge in [0.15, 0.2) is 0 Å². The van der Waals surface area contributed by atoms with Gasteiger partial charge in [-0.25, -0.2) is 0 Å². The van der Waals surface area contributed by atoms with Gasteiger partial charge in [0.1, 0.15) is 0 Å². The lowest BCUT2D eigenvalue weighted by Gasteiger charge is -2.34. The maximum absolute atomic E-state index is 3.47. The molecule has 0 saturated carbocycles. The zero-order valence-electron chi connectivity index (χ0n) is 34.0. The Morgan fingerprint density at radius 2 is 1.31 bits per heavy atom. The predicted molar refractivity (Wildman–Crippen MR) is 206 cm³/mol. The Bertz CT molecular complexity index is 649. The molecule has 1 atom stereocenters. The van der Waals surface area contributed by atoms with E-state index in [1.54, 1.807) is 0 Å². The Hall–Kier alpha value is -0.320. The van der Waals surface area contributed by atoms with Crippen molar-refractivity contribution in [2.45, 2.75) is 125 Å². The van der Waals surface area contributed by atoms with Gasteiger partial charge < -0.3 is 35.1 Å². The number of hydrogen-bond acceptors (Lipinski definition) is 8. The van der Waals surface area contributed by atoms with Gasteiger partial charge in [0, 0.05) is 70.9 Å². The SMILES string of the molecule is CC(C)N(C)CCCN(C)C.CC(C)N1CCN(C)CC1.CC(C)NCC(C)(C)CN(C)C.CC(C)NCCC1CCCN1C.[HH]. The topological polar surface area (TPSA) is 43.5 Å². The lowest BCUT2D eigenvalue weighted by molar-refractivity contribution is 0.126. The van der Waals surface area contributed by atoms with Gasteiger partial charge in [-0.2, -0.15) is 0 Å². The van der Waals surface area contributed by atoms with Gasteiger partial charge in [-0.15, -0.1) is 0 Å². The molecule has 0 aromatic rings. The molecule has 1 unspecified atom stereocenters. The first-order valence-corrected chi connectivity index (χ1v) is 18.4. The van der Waals surface area contributed by atoms with E-state index in [4.69, 9.17) is 0 Å². The fraction of sp³-hybridized carbons (Fsp3) is 1.00. The maximum atomic E-state index is 3.47. The number of hydrogen-bond donors (Lipinski definition) is 2. The van der Waals surface area contributed by atoms with Crippen LogP contribution >= 0.6 is 0 Å². The van der Waals surface area contributed by atoms with Crippen molar-refractivity contribution in [3.63, 3.8) is 0 Å². The quantitative estimate of drug-likeness (QED) is 0.252. The molecule has 0 amide bonds. The Morgan fingerprint density at radius 3 is 1.71 bits per heavy atom. The molecule has 0 spiro atoms. The first-order valence-electron chi connectivity index (χ1n) is 18.4. The van der Waals surface area contributed by atoms with Gasteiger partial charge >= 0.3 is 0 Å². The minimum atomic E-state index is 0. The first-order chi connectivity index (χ1) is 20.8. The van der Waals surface area contributed by atoms with E-state index < -0.39 is 0 Å². The standard InChI is InChI=1S/C10H22N2.C10H24N2.C9H22N2.C8H18N2.H2/c1-9(2)11-7-6-10-5-4-8-12(10)3;1-9(2)11-7-10(3,4)8-12(5)6;1-9(2)11(5)8-6-7-10(3)4;1-8(2)10-6-4-9(3)5-7-10;/h9-11H,4-8H2,1-3H3;9,11H,7-8H2,1-6H3;9H,6-8H2,1-5H3;8H,4-7H2,1-3H3;1H. The monoisotopic (exact) mass is 645 g/mol. The van der Waals surface area contributed by atoms with E-state index in [1.165, 1.54) is 78.0 Å². The molecular weight excluding hydrogens is 556 g/mol. The van der Waals surface area contributed by atoms with Crippen LogP contribution < -0.4 is 10.6 Å². The largest absolute Gasteiger partial charge is 0.314 e. The molecule has 2 saturated heterocycles. The zero-order chi connectivity index (χ0) is 35.2. The fourth-order valence-corrected chi connectivity index (χ4v) is 5.51. The summed E-state index contributed by atoms with van der Waals surface area (Å²) in [5, 5.41) is 6.93. The summed E-state index contributed by atoms with van der Waals surface area (Å²) in [6, 6.07) is 3.48. The second-order valence-electron chi connectivity index (χ2n) is 16.3. The number of likely N-dealkylation sites (N-methyl/N-ethyl adjacent to an activating group) is 1. The van der Waals surface area contributed by atoms with Crippen molar-refractivity contribution in [3.05, 3.63) is 0 Å². The van der Waals surface area contributed by atoms with Gasteiger partial charge in [-0.3, -0.25) is 4.90 Å². The van der Waals surface area contributed by atoms with Gasteiger partial charge in [-0.05, 0) is 134 Å². The highest BCUT2D eigenvalue weighted by molar-refractivity contribution is 4.77. The third-order valence-electron chi connectivity index (χ3n) is 8.70. The van der Waals surface area contributed by atoms with Crippen molar-refractivity contribution in [3.8, 4) is 0 Å². The van der Waals surface area contributed by atoms with Crippen LogP contribution in [0, 0.1) is 5.41 Å². The summed E-state index contributed by atoms with van der Waals surface area (Å²) < 4.78 is 0.